The van der Waals surface area contributed by atoms with Crippen molar-refractivity contribution < 1.29 is 9.21 Å². The summed E-state index contributed by atoms with van der Waals surface area (Å²) in [6.07, 6.45) is 3.27. The van der Waals surface area contributed by atoms with Gasteiger partial charge >= 0.3 is 0 Å². The summed E-state index contributed by atoms with van der Waals surface area (Å²) in [5.41, 5.74) is 6.07. The Kier molecular flexibility index (Phi) is 5.92. The highest BCUT2D eigenvalue weighted by atomic mass is 35.5. The Labute approximate surface area is 186 Å². The van der Waals surface area contributed by atoms with E-state index in [1.807, 2.05) is 43.3 Å². The Hall–Kier alpha value is -3.37. The van der Waals surface area contributed by atoms with E-state index in [4.69, 9.17) is 16.0 Å². The van der Waals surface area contributed by atoms with Crippen molar-refractivity contribution in [3.05, 3.63) is 88.5 Å². The number of aryl methyl sites for hydroxylation is 1. The van der Waals surface area contributed by atoms with Crippen LogP contribution in [-0.2, 0) is 4.79 Å². The van der Waals surface area contributed by atoms with E-state index in [-0.39, 0.29) is 5.91 Å². The number of carbonyl (C=O) groups is 1. The van der Waals surface area contributed by atoms with E-state index in [1.54, 1.807) is 18.2 Å². The van der Waals surface area contributed by atoms with E-state index < -0.39 is 0 Å². The van der Waals surface area contributed by atoms with Gasteiger partial charge in [-0.25, -0.2) is 4.98 Å². The van der Waals surface area contributed by atoms with Gasteiger partial charge in [-0.15, -0.1) is 0 Å². The quantitative estimate of drug-likeness (QED) is 0.340. The van der Waals surface area contributed by atoms with Gasteiger partial charge in [0, 0.05) is 11.6 Å². The number of aromatic nitrogens is 1. The molecular formula is C26H23ClN2O2. The molecule has 0 atom stereocenters. The van der Waals surface area contributed by atoms with Crippen LogP contribution in [-0.4, -0.2) is 10.9 Å². The molecule has 4 aromatic rings. The van der Waals surface area contributed by atoms with Crippen LogP contribution in [0.2, 0.25) is 5.02 Å². The molecule has 31 heavy (non-hydrogen) atoms. The number of hydrogen-bond donors (Lipinski definition) is 1. The van der Waals surface area contributed by atoms with Gasteiger partial charge in [0.25, 0.3) is 0 Å². The largest absolute Gasteiger partial charge is 0.436 e. The van der Waals surface area contributed by atoms with Crippen molar-refractivity contribution in [1.82, 2.24) is 4.98 Å². The number of amides is 1. The Balaban J connectivity index is 1.52. The summed E-state index contributed by atoms with van der Waals surface area (Å²) >= 11 is 6.30. The predicted octanol–water partition coefficient (Wildman–Crippen LogP) is 7.23. The molecule has 0 aliphatic rings. The first-order chi connectivity index (χ1) is 14.9. The number of rotatable bonds is 5. The molecule has 156 valence electrons. The second kappa shape index (κ2) is 8.78. The molecule has 0 aliphatic heterocycles. The zero-order valence-corrected chi connectivity index (χ0v) is 18.4. The molecular weight excluding hydrogens is 408 g/mol. The maximum absolute atomic E-state index is 12.4. The molecule has 1 heterocycles. The summed E-state index contributed by atoms with van der Waals surface area (Å²) < 4.78 is 5.89. The van der Waals surface area contributed by atoms with E-state index in [2.05, 4.69) is 36.3 Å². The van der Waals surface area contributed by atoms with Crippen molar-refractivity contribution in [2.24, 2.45) is 0 Å². The van der Waals surface area contributed by atoms with Gasteiger partial charge in [0.1, 0.15) is 5.52 Å². The molecule has 1 amide bonds. The van der Waals surface area contributed by atoms with Crippen LogP contribution in [0.25, 0.3) is 28.6 Å². The third kappa shape index (κ3) is 4.86. The van der Waals surface area contributed by atoms with Gasteiger partial charge in [-0.1, -0.05) is 55.8 Å². The molecule has 0 aliphatic carbocycles. The number of halogens is 1. The monoisotopic (exact) mass is 430 g/mol. The highest BCUT2D eigenvalue weighted by Crippen LogP contribution is 2.30. The average Bonchev–Trinajstić information content (AvgIpc) is 3.17. The molecule has 0 bridgehead atoms. The van der Waals surface area contributed by atoms with Gasteiger partial charge < -0.3 is 9.73 Å². The molecule has 0 spiro atoms. The second-order valence-electron chi connectivity index (χ2n) is 7.83. The van der Waals surface area contributed by atoms with Crippen molar-refractivity contribution in [2.45, 2.75) is 26.7 Å². The fraction of sp³-hybridized carbons (Fsp3) is 0.154. The van der Waals surface area contributed by atoms with Gasteiger partial charge in [-0.2, -0.15) is 0 Å². The molecule has 1 aromatic heterocycles. The fourth-order valence-electron chi connectivity index (χ4n) is 3.25. The summed E-state index contributed by atoms with van der Waals surface area (Å²) in [6, 6.07) is 19.3. The van der Waals surface area contributed by atoms with Gasteiger partial charge in [-0.3, -0.25) is 4.79 Å². The first kappa shape index (κ1) is 20.9. The van der Waals surface area contributed by atoms with Gasteiger partial charge in [0.2, 0.25) is 11.8 Å². The standard InChI is InChI=1S/C26H23ClN2O2/c1-16(2)19-8-5-18(6-9-19)7-13-25(30)28-23-15-20(10-11-21(23)27)26-29-22-12-4-17(3)14-24(22)31-26/h4-16H,1-3H3,(H,28,30)/b13-7+. The second-order valence-corrected chi connectivity index (χ2v) is 8.24. The molecule has 0 fully saturated rings. The first-order valence-corrected chi connectivity index (χ1v) is 10.5. The number of anilines is 1. The lowest BCUT2D eigenvalue weighted by atomic mass is 10.0. The number of nitrogens with one attached hydrogen (secondary N) is 1. The molecule has 0 unspecified atom stereocenters. The van der Waals surface area contributed by atoms with Crippen molar-refractivity contribution in [3.63, 3.8) is 0 Å². The summed E-state index contributed by atoms with van der Waals surface area (Å²) in [4.78, 5) is 17.0. The third-order valence-corrected chi connectivity index (χ3v) is 5.37. The van der Waals surface area contributed by atoms with Crippen LogP contribution in [0, 0.1) is 6.92 Å². The van der Waals surface area contributed by atoms with Crippen LogP contribution in [0.5, 0.6) is 0 Å². The maximum Gasteiger partial charge on any atom is 0.248 e. The smallest absolute Gasteiger partial charge is 0.248 e. The molecule has 0 radical (unpaired) electrons. The lowest BCUT2D eigenvalue weighted by Crippen LogP contribution is -2.08. The van der Waals surface area contributed by atoms with Crippen LogP contribution < -0.4 is 5.32 Å². The maximum atomic E-state index is 12.4. The topological polar surface area (TPSA) is 55.1 Å². The Morgan fingerprint density at radius 2 is 1.84 bits per heavy atom. The van der Waals surface area contributed by atoms with E-state index in [0.29, 0.717) is 22.5 Å². The zero-order valence-electron chi connectivity index (χ0n) is 17.6. The number of nitrogens with zero attached hydrogens (tertiary/aromatic N) is 1. The van der Waals surface area contributed by atoms with Crippen LogP contribution in [0.3, 0.4) is 0 Å². The normalized spacial score (nSPS) is 11.5. The number of carbonyl (C=O) groups excluding carboxylic acids is 1. The highest BCUT2D eigenvalue weighted by Gasteiger charge is 2.12. The summed E-state index contributed by atoms with van der Waals surface area (Å²) in [7, 11) is 0. The van der Waals surface area contributed by atoms with Crippen molar-refractivity contribution >= 4 is 40.4 Å². The summed E-state index contributed by atoms with van der Waals surface area (Å²) in [6.45, 7) is 6.31. The molecule has 3 aromatic carbocycles. The lowest BCUT2D eigenvalue weighted by Gasteiger charge is -2.07. The third-order valence-electron chi connectivity index (χ3n) is 5.05. The van der Waals surface area contributed by atoms with Gasteiger partial charge in [0.05, 0.1) is 10.7 Å². The summed E-state index contributed by atoms with van der Waals surface area (Å²) in [5, 5.41) is 3.28. The molecule has 4 nitrogen and oxygen atoms in total. The first-order valence-electron chi connectivity index (χ1n) is 10.2. The van der Waals surface area contributed by atoms with Crippen molar-refractivity contribution in [2.75, 3.05) is 5.32 Å². The van der Waals surface area contributed by atoms with Crippen molar-refractivity contribution in [1.29, 1.82) is 0 Å². The van der Waals surface area contributed by atoms with Gasteiger partial charge in [-0.05, 0) is 65.9 Å². The molecule has 0 saturated heterocycles. The SMILES string of the molecule is Cc1ccc2nc(-c3ccc(Cl)c(NC(=O)/C=C/c4ccc(C(C)C)cc4)c3)oc2c1. The minimum absolute atomic E-state index is 0.264. The Morgan fingerprint density at radius 1 is 1.06 bits per heavy atom. The Bertz CT molecular complexity index is 1270. The minimum atomic E-state index is -0.264. The average molecular weight is 431 g/mol. The van der Waals surface area contributed by atoms with Crippen LogP contribution in [0.1, 0.15) is 36.5 Å². The van der Waals surface area contributed by atoms with Crippen molar-refractivity contribution in [3.8, 4) is 11.5 Å². The minimum Gasteiger partial charge on any atom is -0.436 e. The van der Waals surface area contributed by atoms with Crippen LogP contribution in [0.15, 0.2) is 71.2 Å². The van der Waals surface area contributed by atoms with E-state index in [9.17, 15) is 4.79 Å². The van der Waals surface area contributed by atoms with E-state index in [0.717, 1.165) is 27.8 Å². The van der Waals surface area contributed by atoms with Crippen LogP contribution >= 0.6 is 11.6 Å². The molecule has 4 rings (SSSR count). The number of oxazole rings is 1. The fourth-order valence-corrected chi connectivity index (χ4v) is 3.41. The molecule has 0 saturated carbocycles. The Morgan fingerprint density at radius 3 is 2.58 bits per heavy atom. The predicted molar refractivity (Wildman–Crippen MR) is 127 cm³/mol. The molecule has 5 heteroatoms. The number of hydrogen-bond acceptors (Lipinski definition) is 3. The van der Waals surface area contributed by atoms with Crippen LogP contribution in [0.4, 0.5) is 5.69 Å². The lowest BCUT2D eigenvalue weighted by molar-refractivity contribution is -0.111. The number of benzene rings is 3. The van der Waals surface area contributed by atoms with Gasteiger partial charge in [0.15, 0.2) is 5.58 Å². The number of fused-ring (bicyclic) bond motifs is 1. The highest BCUT2D eigenvalue weighted by molar-refractivity contribution is 6.34. The van der Waals surface area contributed by atoms with E-state index in [1.165, 1.54) is 11.6 Å². The summed E-state index contributed by atoms with van der Waals surface area (Å²) in [5.74, 6) is 0.690. The van der Waals surface area contributed by atoms with E-state index >= 15 is 0 Å². The zero-order chi connectivity index (χ0) is 22.0. The molecule has 1 N–H and O–H groups in total.